The van der Waals surface area contributed by atoms with Crippen LogP contribution in [0.25, 0.3) is 0 Å². The Morgan fingerprint density at radius 1 is 1.24 bits per heavy atom. The van der Waals surface area contributed by atoms with Crippen LogP contribution in [0, 0.1) is 5.92 Å². The summed E-state index contributed by atoms with van der Waals surface area (Å²) in [6, 6.07) is -0.449. The van der Waals surface area contributed by atoms with Crippen LogP contribution in [-0.4, -0.2) is 54.1 Å². The van der Waals surface area contributed by atoms with Crippen molar-refractivity contribution >= 4 is 17.9 Å². The van der Waals surface area contributed by atoms with Crippen molar-refractivity contribution in [2.45, 2.75) is 44.6 Å². The molecule has 1 saturated carbocycles. The van der Waals surface area contributed by atoms with E-state index in [2.05, 4.69) is 10.6 Å². The Morgan fingerprint density at radius 3 is 2.29 bits per heavy atom. The summed E-state index contributed by atoms with van der Waals surface area (Å²) in [5.74, 6) is -1.48. The summed E-state index contributed by atoms with van der Waals surface area (Å²) in [4.78, 5) is 36.5. The molecule has 0 aliphatic heterocycles. The summed E-state index contributed by atoms with van der Waals surface area (Å²) < 4.78 is 0. The lowest BCUT2D eigenvalue weighted by Gasteiger charge is -2.35. The van der Waals surface area contributed by atoms with Crippen molar-refractivity contribution < 1.29 is 19.5 Å². The van der Waals surface area contributed by atoms with Gasteiger partial charge in [-0.05, 0) is 12.8 Å². The Hall–Kier alpha value is -1.79. The average molecular weight is 299 g/mol. The van der Waals surface area contributed by atoms with Crippen molar-refractivity contribution in [2.24, 2.45) is 5.92 Å². The van der Waals surface area contributed by atoms with Crippen LogP contribution in [0.4, 0.5) is 4.79 Å². The fraction of sp³-hybridized carbons (Fsp3) is 0.786. The zero-order valence-corrected chi connectivity index (χ0v) is 12.9. The highest BCUT2D eigenvalue weighted by Gasteiger charge is 2.41. The van der Waals surface area contributed by atoms with Crippen LogP contribution < -0.4 is 10.6 Å². The number of carbonyl (C=O) groups is 3. The fourth-order valence-corrected chi connectivity index (χ4v) is 2.67. The first kappa shape index (κ1) is 17.3. The summed E-state index contributed by atoms with van der Waals surface area (Å²) in [5, 5.41) is 14.6. The number of carboxylic acid groups (broad SMARTS) is 1. The number of carbonyl (C=O) groups excluding carboxylic acids is 2. The van der Waals surface area contributed by atoms with E-state index in [9.17, 15) is 19.5 Å². The number of hydrogen-bond donors (Lipinski definition) is 3. The first-order valence-corrected chi connectivity index (χ1v) is 7.30. The van der Waals surface area contributed by atoms with Crippen molar-refractivity contribution in [3.63, 3.8) is 0 Å². The number of urea groups is 1. The highest BCUT2D eigenvalue weighted by Crippen LogP contribution is 2.28. The SMILES string of the molecule is CNC(=O)C(C)CN(C)C(=O)NC1(C(=O)O)CCCCC1. The van der Waals surface area contributed by atoms with Crippen LogP contribution in [0.5, 0.6) is 0 Å². The number of nitrogens with zero attached hydrogens (tertiary/aromatic N) is 1. The van der Waals surface area contributed by atoms with E-state index in [0.717, 1.165) is 19.3 Å². The van der Waals surface area contributed by atoms with Gasteiger partial charge < -0.3 is 20.6 Å². The topological polar surface area (TPSA) is 98.7 Å². The number of amides is 3. The number of hydrogen-bond acceptors (Lipinski definition) is 3. The van der Waals surface area contributed by atoms with Crippen LogP contribution in [-0.2, 0) is 9.59 Å². The molecule has 0 spiro atoms. The molecular weight excluding hydrogens is 274 g/mol. The zero-order chi connectivity index (χ0) is 16.0. The lowest BCUT2D eigenvalue weighted by atomic mass is 9.82. The van der Waals surface area contributed by atoms with Gasteiger partial charge >= 0.3 is 12.0 Å². The standard InChI is InChI=1S/C14H25N3O4/c1-10(11(18)15-2)9-17(3)13(21)16-14(12(19)20)7-5-4-6-8-14/h10H,4-9H2,1-3H3,(H,15,18)(H,16,21)(H,19,20). The Balaban J connectivity index is 2.65. The van der Waals surface area contributed by atoms with Gasteiger partial charge in [0, 0.05) is 20.6 Å². The fourth-order valence-electron chi connectivity index (χ4n) is 2.67. The van der Waals surface area contributed by atoms with Gasteiger partial charge in [0.2, 0.25) is 5.91 Å². The van der Waals surface area contributed by atoms with Gasteiger partial charge in [0.15, 0.2) is 0 Å². The predicted octanol–water partition coefficient (Wildman–Crippen LogP) is 0.797. The summed E-state index contributed by atoms with van der Waals surface area (Å²) in [7, 11) is 3.10. The van der Waals surface area contributed by atoms with E-state index < -0.39 is 17.5 Å². The Morgan fingerprint density at radius 2 is 1.81 bits per heavy atom. The molecule has 3 N–H and O–H groups in total. The Bertz CT molecular complexity index is 405. The second kappa shape index (κ2) is 7.28. The van der Waals surface area contributed by atoms with Gasteiger partial charge in [-0.3, -0.25) is 4.79 Å². The molecule has 21 heavy (non-hydrogen) atoms. The minimum Gasteiger partial charge on any atom is -0.480 e. The number of rotatable bonds is 5. The van der Waals surface area contributed by atoms with Crippen LogP contribution in [0.15, 0.2) is 0 Å². The smallest absolute Gasteiger partial charge is 0.329 e. The van der Waals surface area contributed by atoms with Gasteiger partial charge in [-0.25, -0.2) is 9.59 Å². The van der Waals surface area contributed by atoms with Gasteiger partial charge in [0.1, 0.15) is 5.54 Å². The van der Waals surface area contributed by atoms with E-state index in [1.54, 1.807) is 21.0 Å². The molecule has 1 fully saturated rings. The highest BCUT2D eigenvalue weighted by atomic mass is 16.4. The summed E-state index contributed by atoms with van der Waals surface area (Å²) in [5.41, 5.74) is -1.17. The van der Waals surface area contributed by atoms with E-state index in [0.29, 0.717) is 12.8 Å². The molecule has 0 saturated heterocycles. The number of nitrogens with one attached hydrogen (secondary N) is 2. The molecule has 0 heterocycles. The molecule has 1 unspecified atom stereocenters. The zero-order valence-electron chi connectivity index (χ0n) is 12.9. The van der Waals surface area contributed by atoms with Gasteiger partial charge in [0.05, 0.1) is 5.92 Å². The average Bonchev–Trinajstić information content (AvgIpc) is 2.46. The van der Waals surface area contributed by atoms with Crippen molar-refractivity contribution in [3.05, 3.63) is 0 Å². The van der Waals surface area contributed by atoms with Crippen molar-refractivity contribution in [1.29, 1.82) is 0 Å². The molecule has 0 aromatic rings. The number of aliphatic carboxylic acids is 1. The Kier molecular flexibility index (Phi) is 5.99. The molecule has 7 heteroatoms. The van der Waals surface area contributed by atoms with Gasteiger partial charge in [-0.2, -0.15) is 0 Å². The molecule has 0 radical (unpaired) electrons. The normalized spacial score (nSPS) is 18.4. The van der Waals surface area contributed by atoms with E-state index in [-0.39, 0.29) is 18.4 Å². The lowest BCUT2D eigenvalue weighted by molar-refractivity contribution is -0.146. The van der Waals surface area contributed by atoms with Gasteiger partial charge in [-0.1, -0.05) is 26.2 Å². The number of carboxylic acids is 1. The maximum Gasteiger partial charge on any atom is 0.329 e. The second-order valence-electron chi connectivity index (χ2n) is 5.77. The first-order valence-electron chi connectivity index (χ1n) is 7.30. The molecule has 0 aromatic heterocycles. The van der Waals surface area contributed by atoms with Crippen LogP contribution in [0.1, 0.15) is 39.0 Å². The third-order valence-corrected chi connectivity index (χ3v) is 4.05. The minimum atomic E-state index is -1.17. The molecule has 1 aliphatic carbocycles. The summed E-state index contributed by atoms with van der Waals surface area (Å²) >= 11 is 0. The molecular formula is C14H25N3O4. The molecule has 7 nitrogen and oxygen atoms in total. The highest BCUT2D eigenvalue weighted by molar-refractivity contribution is 5.86. The molecule has 120 valence electrons. The summed E-state index contributed by atoms with van der Waals surface area (Å²) in [6.45, 7) is 1.96. The molecule has 3 amide bonds. The maximum atomic E-state index is 12.2. The van der Waals surface area contributed by atoms with E-state index in [1.807, 2.05) is 0 Å². The van der Waals surface area contributed by atoms with Gasteiger partial charge in [-0.15, -0.1) is 0 Å². The van der Waals surface area contributed by atoms with Crippen LogP contribution in [0.2, 0.25) is 0 Å². The minimum absolute atomic E-state index is 0.153. The maximum absolute atomic E-state index is 12.2. The largest absolute Gasteiger partial charge is 0.480 e. The van der Waals surface area contributed by atoms with Crippen molar-refractivity contribution in [2.75, 3.05) is 20.6 Å². The third kappa shape index (κ3) is 4.34. The Labute approximate surface area is 125 Å². The molecule has 1 atom stereocenters. The van der Waals surface area contributed by atoms with E-state index in [1.165, 1.54) is 4.90 Å². The first-order chi connectivity index (χ1) is 9.82. The molecule has 0 bridgehead atoms. The summed E-state index contributed by atoms with van der Waals surface area (Å²) in [6.07, 6.45) is 3.49. The lowest BCUT2D eigenvalue weighted by Crippen LogP contribution is -2.58. The van der Waals surface area contributed by atoms with Crippen molar-refractivity contribution in [1.82, 2.24) is 15.5 Å². The third-order valence-electron chi connectivity index (χ3n) is 4.05. The van der Waals surface area contributed by atoms with Crippen LogP contribution >= 0.6 is 0 Å². The van der Waals surface area contributed by atoms with Crippen LogP contribution in [0.3, 0.4) is 0 Å². The molecule has 1 aliphatic rings. The molecule has 0 aromatic carbocycles. The monoisotopic (exact) mass is 299 g/mol. The van der Waals surface area contributed by atoms with Crippen molar-refractivity contribution in [3.8, 4) is 0 Å². The van der Waals surface area contributed by atoms with E-state index >= 15 is 0 Å². The molecule has 1 rings (SSSR count). The quantitative estimate of drug-likeness (QED) is 0.699. The van der Waals surface area contributed by atoms with Gasteiger partial charge in [0.25, 0.3) is 0 Å². The predicted molar refractivity (Wildman–Crippen MR) is 77.8 cm³/mol. The second-order valence-corrected chi connectivity index (χ2v) is 5.77. The van der Waals surface area contributed by atoms with E-state index in [4.69, 9.17) is 0 Å².